The van der Waals surface area contributed by atoms with Gasteiger partial charge in [0, 0.05) is 44.7 Å². The Morgan fingerprint density at radius 2 is 0.810 bits per heavy atom. The average Bonchev–Trinajstić information content (AvgIpc) is 3.09. The maximum Gasteiger partial charge on any atom is 0.0735 e. The molecule has 1 heterocycles. The Morgan fingerprint density at radius 3 is 1.34 bits per heavy atom. The molecule has 0 atom stereocenters. The summed E-state index contributed by atoms with van der Waals surface area (Å²) in [6.07, 6.45) is 9.23. The van der Waals surface area contributed by atoms with Gasteiger partial charge in [0.15, 0.2) is 0 Å². The van der Waals surface area contributed by atoms with Crippen LogP contribution in [-0.2, 0) is 16.2 Å². The van der Waals surface area contributed by atoms with E-state index in [2.05, 4.69) is 304 Å². The molecule has 378 valence electrons. The Labute approximate surface area is 465 Å². The molecule has 0 aliphatic heterocycles. The van der Waals surface area contributed by atoms with Gasteiger partial charge in [0.05, 0.1) is 16.8 Å². The smallest absolute Gasteiger partial charge is 0.0735 e. The van der Waals surface area contributed by atoms with Gasteiger partial charge in [-0.1, -0.05) is 246 Å². The van der Waals surface area contributed by atoms with Crippen LogP contribution in [0.1, 0.15) is 90.7 Å². The van der Waals surface area contributed by atoms with Crippen LogP contribution in [-0.4, -0.2) is 4.57 Å². The zero-order valence-electron chi connectivity index (χ0n) is 45.2. The number of fused-ring (bicyclic) bond motifs is 9. The van der Waals surface area contributed by atoms with Gasteiger partial charge in [0.2, 0.25) is 0 Å². The molecule has 11 aromatic rings. The summed E-state index contributed by atoms with van der Waals surface area (Å²) in [7, 11) is 0. The Morgan fingerprint density at radius 1 is 0.367 bits per heavy atom. The van der Waals surface area contributed by atoms with E-state index in [0.29, 0.717) is 0 Å². The van der Waals surface area contributed by atoms with Crippen molar-refractivity contribution >= 4 is 22.6 Å². The van der Waals surface area contributed by atoms with Gasteiger partial charge in [-0.2, -0.15) is 0 Å². The number of para-hydroxylation sites is 1. The van der Waals surface area contributed by atoms with Crippen LogP contribution in [0, 0.1) is 0 Å². The van der Waals surface area contributed by atoms with Crippen molar-refractivity contribution in [2.75, 3.05) is 4.90 Å². The highest BCUT2D eigenvalue weighted by Gasteiger charge is 2.51. The van der Waals surface area contributed by atoms with E-state index in [1.54, 1.807) is 0 Å². The summed E-state index contributed by atoms with van der Waals surface area (Å²) in [4.78, 5) is 2.47. The largest absolute Gasteiger partial charge is 0.310 e. The Balaban J connectivity index is 0.882. The lowest BCUT2D eigenvalue weighted by Crippen LogP contribution is -2.29. The highest BCUT2D eigenvalue weighted by molar-refractivity contribution is 6.01. The minimum atomic E-state index is -0.581. The fourth-order valence-electron chi connectivity index (χ4n) is 14.4. The SMILES string of the molecule is CC1(C)c2ccccc2-c2ccc(N(c3ccc(-c4ccc(-c5c6c(c(C7=CCCC=C7)n5-c5ccccc5)C(c5ccccc5)(c5ccccc5)c5ccccc5-6)cc4)cc3)c3ccc4c(c3)C(C)(C)c3ccccc3-4)cc21. The molecule has 15 rings (SSSR count). The summed E-state index contributed by atoms with van der Waals surface area (Å²) >= 11 is 0. The Kier molecular flexibility index (Phi) is 10.7. The molecule has 0 N–H and O–H groups in total. The molecule has 2 nitrogen and oxygen atoms in total. The summed E-state index contributed by atoms with van der Waals surface area (Å²) in [5.41, 5.74) is 29.5. The van der Waals surface area contributed by atoms with Crippen molar-refractivity contribution < 1.29 is 0 Å². The second-order valence-electron chi connectivity index (χ2n) is 23.0. The van der Waals surface area contributed by atoms with E-state index in [0.717, 1.165) is 35.6 Å². The van der Waals surface area contributed by atoms with Crippen LogP contribution in [0.5, 0.6) is 0 Å². The normalized spacial score (nSPS) is 15.3. The van der Waals surface area contributed by atoms with Gasteiger partial charge < -0.3 is 9.47 Å². The van der Waals surface area contributed by atoms with E-state index in [4.69, 9.17) is 0 Å². The van der Waals surface area contributed by atoms with Gasteiger partial charge in [-0.15, -0.1) is 0 Å². The Hall–Kier alpha value is -9.24. The number of anilines is 3. The standard InChI is InChI=1S/C77H60N2/c1-75(2)66-34-20-17-31-61(66)63-47-45-59(49-69(63)75)78(60-46-48-64-62-32-18-21-35-67(62)76(3,4)70(64)50-60)58-43-41-52(42-44-58)51-37-39-54(40-38-51)73-71-65-33-19-22-36-68(65)77(55-25-11-6-12-26-55,56-27-13-7-14-28-56)72(71)74(53-23-9-5-10-24-53)79(73)57-29-15-8-16-30-57/h6-9,11-50H,5,10H2,1-4H3. The fourth-order valence-corrected chi connectivity index (χ4v) is 14.4. The maximum atomic E-state index is 2.58. The van der Waals surface area contributed by atoms with E-state index in [-0.39, 0.29) is 10.8 Å². The van der Waals surface area contributed by atoms with Gasteiger partial charge in [0.25, 0.3) is 0 Å². The van der Waals surface area contributed by atoms with Crippen LogP contribution in [0.15, 0.2) is 267 Å². The number of allylic oxidation sites excluding steroid dienone is 4. The van der Waals surface area contributed by atoms with Crippen LogP contribution >= 0.6 is 0 Å². The summed E-state index contributed by atoms with van der Waals surface area (Å²) < 4.78 is 2.58. The van der Waals surface area contributed by atoms with Crippen LogP contribution in [0.2, 0.25) is 0 Å². The third-order valence-electron chi connectivity index (χ3n) is 18.1. The van der Waals surface area contributed by atoms with Crippen molar-refractivity contribution in [1.82, 2.24) is 4.57 Å². The number of hydrogen-bond acceptors (Lipinski definition) is 1. The summed E-state index contributed by atoms with van der Waals surface area (Å²) in [6.45, 7) is 9.50. The minimum Gasteiger partial charge on any atom is -0.310 e. The van der Waals surface area contributed by atoms with Crippen LogP contribution < -0.4 is 4.90 Å². The minimum absolute atomic E-state index is 0.129. The first-order valence-electron chi connectivity index (χ1n) is 28.2. The zero-order chi connectivity index (χ0) is 53.0. The molecule has 0 unspecified atom stereocenters. The van der Waals surface area contributed by atoms with Crippen molar-refractivity contribution in [3.05, 3.63) is 317 Å². The average molecular weight is 1010 g/mol. The first kappa shape index (κ1) is 47.0. The highest BCUT2D eigenvalue weighted by atomic mass is 15.1. The first-order valence-corrected chi connectivity index (χ1v) is 28.2. The molecule has 2 heteroatoms. The molecule has 0 saturated heterocycles. The van der Waals surface area contributed by atoms with Crippen molar-refractivity contribution in [2.45, 2.75) is 56.8 Å². The number of benzene rings is 10. The lowest BCUT2D eigenvalue weighted by atomic mass is 9.67. The molecule has 10 aromatic carbocycles. The molecule has 0 spiro atoms. The molecule has 0 radical (unpaired) electrons. The van der Waals surface area contributed by atoms with Gasteiger partial charge in [-0.3, -0.25) is 0 Å². The highest BCUT2D eigenvalue weighted by Crippen LogP contribution is 2.62. The van der Waals surface area contributed by atoms with Crippen molar-refractivity contribution in [1.29, 1.82) is 0 Å². The third kappa shape index (κ3) is 6.97. The molecule has 0 fully saturated rings. The van der Waals surface area contributed by atoms with E-state index < -0.39 is 5.41 Å². The summed E-state index contributed by atoms with van der Waals surface area (Å²) in [6, 6.07) is 93.5. The van der Waals surface area contributed by atoms with E-state index in [1.807, 2.05) is 0 Å². The van der Waals surface area contributed by atoms with Crippen LogP contribution in [0.25, 0.3) is 67.0 Å². The Bertz CT molecular complexity index is 4120. The molecule has 79 heavy (non-hydrogen) atoms. The molecular formula is C77H60N2. The van der Waals surface area contributed by atoms with Gasteiger partial charge in [-0.05, 0) is 150 Å². The molecule has 4 aliphatic rings. The molecule has 0 saturated carbocycles. The predicted octanol–water partition coefficient (Wildman–Crippen LogP) is 20.0. The summed E-state index contributed by atoms with van der Waals surface area (Å²) in [5.74, 6) is 0. The van der Waals surface area contributed by atoms with Gasteiger partial charge >= 0.3 is 0 Å². The second-order valence-corrected chi connectivity index (χ2v) is 23.0. The monoisotopic (exact) mass is 1010 g/mol. The topological polar surface area (TPSA) is 8.17 Å². The van der Waals surface area contributed by atoms with Crippen molar-refractivity contribution in [3.63, 3.8) is 0 Å². The lowest BCUT2D eigenvalue weighted by molar-refractivity contribution is 0.660. The molecule has 0 bridgehead atoms. The van der Waals surface area contributed by atoms with E-state index >= 15 is 0 Å². The molecular weight excluding hydrogens is 953 g/mol. The zero-order valence-corrected chi connectivity index (χ0v) is 45.2. The maximum absolute atomic E-state index is 2.58. The van der Waals surface area contributed by atoms with Crippen molar-refractivity contribution in [2.24, 2.45) is 0 Å². The summed E-state index contributed by atoms with van der Waals surface area (Å²) in [5, 5.41) is 0. The van der Waals surface area contributed by atoms with Gasteiger partial charge in [0.1, 0.15) is 0 Å². The van der Waals surface area contributed by atoms with Gasteiger partial charge in [-0.25, -0.2) is 0 Å². The molecule has 4 aliphatic carbocycles. The molecule has 0 amide bonds. The van der Waals surface area contributed by atoms with Crippen molar-refractivity contribution in [3.8, 4) is 61.5 Å². The predicted molar refractivity (Wildman–Crippen MR) is 330 cm³/mol. The second kappa shape index (κ2) is 17.9. The number of hydrogen-bond donors (Lipinski definition) is 0. The van der Waals surface area contributed by atoms with E-state index in [9.17, 15) is 0 Å². The molecule has 1 aromatic heterocycles. The fraction of sp³-hybridized carbons (Fsp3) is 0.117. The number of nitrogens with zero attached hydrogens (tertiary/aromatic N) is 2. The first-order chi connectivity index (χ1) is 38.7. The van der Waals surface area contributed by atoms with Crippen LogP contribution in [0.3, 0.4) is 0 Å². The quantitative estimate of drug-likeness (QED) is 0.140. The third-order valence-corrected chi connectivity index (χ3v) is 18.1. The van der Waals surface area contributed by atoms with E-state index in [1.165, 1.54) is 112 Å². The van der Waals surface area contributed by atoms with Crippen LogP contribution in [0.4, 0.5) is 17.1 Å². The number of rotatable bonds is 9. The number of aromatic nitrogens is 1. The lowest BCUT2D eigenvalue weighted by Gasteiger charge is -2.35.